The number of hydrogen-bond donors (Lipinski definition) is 0. The molecule has 2 aromatic rings. The SMILES string of the molecule is Fc1ccc2sc(CCBr)nc2c1F. The molecule has 0 N–H and O–H groups in total. The third kappa shape index (κ3) is 1.66. The zero-order chi connectivity index (χ0) is 10.1. The van der Waals surface area contributed by atoms with E-state index in [0.717, 1.165) is 22.8 Å². The van der Waals surface area contributed by atoms with Crippen molar-refractivity contribution in [3.8, 4) is 0 Å². The predicted molar refractivity (Wildman–Crippen MR) is 57.0 cm³/mol. The van der Waals surface area contributed by atoms with Crippen LogP contribution in [0, 0.1) is 11.6 Å². The minimum atomic E-state index is -0.848. The van der Waals surface area contributed by atoms with Gasteiger partial charge in [0.1, 0.15) is 5.52 Å². The average molecular weight is 278 g/mol. The molecule has 0 aliphatic heterocycles. The lowest BCUT2D eigenvalue weighted by molar-refractivity contribution is 0.515. The molecule has 0 spiro atoms. The Hall–Kier alpha value is -0.550. The second-order valence-corrected chi connectivity index (χ2v) is 4.66. The van der Waals surface area contributed by atoms with Crippen molar-refractivity contribution in [3.05, 3.63) is 28.8 Å². The Kier molecular flexibility index (Phi) is 2.78. The lowest BCUT2D eigenvalue weighted by Crippen LogP contribution is -1.86. The zero-order valence-electron chi connectivity index (χ0n) is 7.06. The Balaban J connectivity index is 2.59. The van der Waals surface area contributed by atoms with Crippen LogP contribution in [0.5, 0.6) is 0 Å². The summed E-state index contributed by atoms with van der Waals surface area (Å²) in [6.45, 7) is 0. The second-order valence-electron chi connectivity index (χ2n) is 2.75. The van der Waals surface area contributed by atoms with E-state index in [9.17, 15) is 8.78 Å². The summed E-state index contributed by atoms with van der Waals surface area (Å²) in [4.78, 5) is 4.04. The minimum absolute atomic E-state index is 0.144. The topological polar surface area (TPSA) is 12.9 Å². The highest BCUT2D eigenvalue weighted by Crippen LogP contribution is 2.26. The van der Waals surface area contributed by atoms with Crippen LogP contribution in [0.15, 0.2) is 12.1 Å². The monoisotopic (exact) mass is 277 g/mol. The summed E-state index contributed by atoms with van der Waals surface area (Å²) in [6.07, 6.45) is 0.737. The lowest BCUT2D eigenvalue weighted by Gasteiger charge is -1.91. The lowest BCUT2D eigenvalue weighted by atomic mass is 10.3. The van der Waals surface area contributed by atoms with Gasteiger partial charge in [-0.05, 0) is 12.1 Å². The fourth-order valence-electron chi connectivity index (χ4n) is 1.17. The molecule has 0 aliphatic rings. The maximum Gasteiger partial charge on any atom is 0.185 e. The molecule has 0 unspecified atom stereocenters. The van der Waals surface area contributed by atoms with Gasteiger partial charge < -0.3 is 0 Å². The highest BCUT2D eigenvalue weighted by molar-refractivity contribution is 9.09. The predicted octanol–water partition coefficient (Wildman–Crippen LogP) is 3.51. The van der Waals surface area contributed by atoms with Crippen molar-refractivity contribution in [2.75, 3.05) is 5.33 Å². The summed E-state index contributed by atoms with van der Waals surface area (Å²) < 4.78 is 26.7. The van der Waals surface area contributed by atoms with Gasteiger partial charge >= 0.3 is 0 Å². The average Bonchev–Trinajstić information content (AvgIpc) is 2.56. The normalized spacial score (nSPS) is 11.1. The summed E-state index contributed by atoms with van der Waals surface area (Å²) in [7, 11) is 0. The molecule has 74 valence electrons. The largest absolute Gasteiger partial charge is 0.238 e. The zero-order valence-corrected chi connectivity index (χ0v) is 9.46. The highest BCUT2D eigenvalue weighted by Gasteiger charge is 2.11. The molecule has 1 heterocycles. The van der Waals surface area contributed by atoms with Gasteiger partial charge in [-0.25, -0.2) is 13.8 Å². The molecule has 1 aromatic heterocycles. The molecular weight excluding hydrogens is 272 g/mol. The number of halogens is 3. The molecule has 2 rings (SSSR count). The van der Waals surface area contributed by atoms with Gasteiger partial charge in [0.2, 0.25) is 0 Å². The van der Waals surface area contributed by atoms with E-state index in [-0.39, 0.29) is 5.52 Å². The maximum atomic E-state index is 13.2. The number of aryl methyl sites for hydroxylation is 1. The number of alkyl halides is 1. The van der Waals surface area contributed by atoms with Gasteiger partial charge in [-0.1, -0.05) is 15.9 Å². The number of nitrogens with zero attached hydrogens (tertiary/aromatic N) is 1. The number of aromatic nitrogens is 1. The van der Waals surface area contributed by atoms with Crippen LogP contribution >= 0.6 is 27.3 Å². The van der Waals surface area contributed by atoms with Gasteiger partial charge in [-0.2, -0.15) is 0 Å². The Bertz CT molecular complexity index is 469. The van der Waals surface area contributed by atoms with Crippen molar-refractivity contribution in [1.29, 1.82) is 0 Å². The molecule has 0 saturated heterocycles. The van der Waals surface area contributed by atoms with Gasteiger partial charge in [0.05, 0.1) is 9.71 Å². The first kappa shape index (κ1) is 9.98. The molecule has 14 heavy (non-hydrogen) atoms. The summed E-state index contributed by atoms with van der Waals surface area (Å²) in [6, 6.07) is 2.69. The van der Waals surface area contributed by atoms with E-state index in [0.29, 0.717) is 4.70 Å². The van der Waals surface area contributed by atoms with E-state index in [1.54, 1.807) is 6.07 Å². The van der Waals surface area contributed by atoms with Crippen LogP contribution in [0.1, 0.15) is 5.01 Å². The fourth-order valence-corrected chi connectivity index (χ4v) is 2.77. The van der Waals surface area contributed by atoms with Gasteiger partial charge in [0, 0.05) is 11.8 Å². The Morgan fingerprint density at radius 2 is 2.14 bits per heavy atom. The number of hydrogen-bond acceptors (Lipinski definition) is 2. The maximum absolute atomic E-state index is 13.2. The molecule has 0 saturated carbocycles. The van der Waals surface area contributed by atoms with Crippen LogP contribution in [0.3, 0.4) is 0 Å². The standard InChI is InChI=1S/C9H6BrF2NS/c10-4-3-7-13-9-6(14-7)2-1-5(11)8(9)12/h1-2H,3-4H2. The molecule has 0 radical (unpaired) electrons. The molecule has 0 aliphatic carbocycles. The van der Waals surface area contributed by atoms with E-state index in [2.05, 4.69) is 20.9 Å². The van der Waals surface area contributed by atoms with E-state index < -0.39 is 11.6 Å². The summed E-state index contributed by atoms with van der Waals surface area (Å²) >= 11 is 4.67. The highest BCUT2D eigenvalue weighted by atomic mass is 79.9. The van der Waals surface area contributed by atoms with Crippen molar-refractivity contribution in [2.45, 2.75) is 6.42 Å². The van der Waals surface area contributed by atoms with E-state index in [4.69, 9.17) is 0 Å². The van der Waals surface area contributed by atoms with E-state index in [1.165, 1.54) is 11.3 Å². The molecule has 0 bridgehead atoms. The van der Waals surface area contributed by atoms with Gasteiger partial charge in [0.25, 0.3) is 0 Å². The number of benzene rings is 1. The summed E-state index contributed by atoms with van der Waals surface area (Å²) in [5.41, 5.74) is 0.144. The quantitative estimate of drug-likeness (QED) is 0.766. The first-order valence-corrected chi connectivity index (χ1v) is 5.95. The van der Waals surface area contributed by atoms with E-state index in [1.807, 2.05) is 0 Å². The van der Waals surface area contributed by atoms with Crippen LogP contribution in [-0.2, 0) is 6.42 Å². The van der Waals surface area contributed by atoms with Gasteiger partial charge in [0.15, 0.2) is 11.6 Å². The Morgan fingerprint density at radius 3 is 2.86 bits per heavy atom. The van der Waals surface area contributed by atoms with Gasteiger partial charge in [-0.3, -0.25) is 0 Å². The van der Waals surface area contributed by atoms with Crippen molar-refractivity contribution in [3.63, 3.8) is 0 Å². The fraction of sp³-hybridized carbons (Fsp3) is 0.222. The summed E-state index contributed by atoms with van der Waals surface area (Å²) in [5.74, 6) is -1.69. The molecule has 5 heteroatoms. The molecular formula is C9H6BrF2NS. The van der Waals surface area contributed by atoms with Crippen LogP contribution in [-0.4, -0.2) is 10.3 Å². The first-order valence-electron chi connectivity index (χ1n) is 4.01. The van der Waals surface area contributed by atoms with Crippen molar-refractivity contribution >= 4 is 37.5 Å². The van der Waals surface area contributed by atoms with Crippen molar-refractivity contribution in [1.82, 2.24) is 4.98 Å². The van der Waals surface area contributed by atoms with Crippen LogP contribution in [0.25, 0.3) is 10.2 Å². The second kappa shape index (κ2) is 3.90. The Morgan fingerprint density at radius 1 is 1.36 bits per heavy atom. The summed E-state index contributed by atoms with van der Waals surface area (Å²) in [5, 5.41) is 1.60. The number of rotatable bonds is 2. The van der Waals surface area contributed by atoms with Crippen molar-refractivity contribution in [2.24, 2.45) is 0 Å². The van der Waals surface area contributed by atoms with Crippen molar-refractivity contribution < 1.29 is 8.78 Å². The third-order valence-electron chi connectivity index (χ3n) is 1.80. The molecule has 1 aromatic carbocycles. The van der Waals surface area contributed by atoms with Crippen LogP contribution in [0.2, 0.25) is 0 Å². The smallest absolute Gasteiger partial charge is 0.185 e. The number of fused-ring (bicyclic) bond motifs is 1. The molecule has 0 atom stereocenters. The first-order chi connectivity index (χ1) is 6.72. The molecule has 0 amide bonds. The van der Waals surface area contributed by atoms with Gasteiger partial charge in [-0.15, -0.1) is 11.3 Å². The van der Waals surface area contributed by atoms with Crippen LogP contribution in [0.4, 0.5) is 8.78 Å². The molecule has 1 nitrogen and oxygen atoms in total. The Labute approximate surface area is 91.9 Å². The van der Waals surface area contributed by atoms with Crippen LogP contribution < -0.4 is 0 Å². The third-order valence-corrected chi connectivity index (χ3v) is 3.28. The van der Waals surface area contributed by atoms with E-state index >= 15 is 0 Å². The molecule has 0 fully saturated rings. The minimum Gasteiger partial charge on any atom is -0.238 e. The number of thiazole rings is 1.